The lowest BCUT2D eigenvalue weighted by atomic mass is 10.1. The Hall–Kier alpha value is -3.54. The summed E-state index contributed by atoms with van der Waals surface area (Å²) in [5.74, 6) is -2.93. The molecule has 0 amide bonds. The monoisotopic (exact) mass is 414 g/mol. The van der Waals surface area contributed by atoms with E-state index < -0.39 is 24.1 Å². The van der Waals surface area contributed by atoms with Crippen molar-refractivity contribution >= 4 is 23.5 Å². The Bertz CT molecular complexity index is 729. The van der Waals surface area contributed by atoms with E-state index >= 15 is 0 Å². The minimum Gasteiger partial charge on any atom is -0.478 e. The van der Waals surface area contributed by atoms with Crippen LogP contribution in [0.4, 0.5) is 0 Å². The Morgan fingerprint density at radius 3 is 1.17 bits per heavy atom. The average molecular weight is 414 g/mol. The van der Waals surface area contributed by atoms with Gasteiger partial charge in [-0.1, -0.05) is 102 Å². The lowest BCUT2D eigenvalue weighted by Gasteiger charge is -2.24. The van der Waals surface area contributed by atoms with E-state index in [0.717, 1.165) is 0 Å². The normalized spacial score (nSPS) is 11.2. The van der Waals surface area contributed by atoms with Crippen LogP contribution in [-0.2, 0) is 19.1 Å². The van der Waals surface area contributed by atoms with Gasteiger partial charge in [-0.15, -0.1) is 0 Å². The molecule has 0 aromatic heterocycles. The van der Waals surface area contributed by atoms with Crippen LogP contribution in [0.5, 0.6) is 0 Å². The molecular formula is C24H30O6. The molecule has 0 heterocycles. The van der Waals surface area contributed by atoms with Crippen molar-refractivity contribution in [3.05, 3.63) is 84.9 Å². The third kappa shape index (κ3) is 8.22. The number of hydrogen-bond donors (Lipinski definition) is 2. The van der Waals surface area contributed by atoms with Crippen LogP contribution in [0.15, 0.2) is 73.8 Å². The van der Waals surface area contributed by atoms with Crippen molar-refractivity contribution in [1.82, 2.24) is 0 Å². The number of aliphatic carboxylic acids is 2. The number of ether oxygens (including phenoxy) is 2. The highest BCUT2D eigenvalue weighted by Gasteiger charge is 2.39. The van der Waals surface area contributed by atoms with Gasteiger partial charge in [0.05, 0.1) is 0 Å². The lowest BCUT2D eigenvalue weighted by molar-refractivity contribution is -0.165. The minimum absolute atomic E-state index is 0.0261. The summed E-state index contributed by atoms with van der Waals surface area (Å²) in [6.07, 6.45) is -3.61. The van der Waals surface area contributed by atoms with Crippen molar-refractivity contribution in [2.45, 2.75) is 39.9 Å². The predicted molar refractivity (Wildman–Crippen MR) is 119 cm³/mol. The summed E-state index contributed by atoms with van der Waals surface area (Å²) in [7, 11) is 0. The molecule has 2 aromatic carbocycles. The Labute approximate surface area is 178 Å². The molecule has 6 heteroatoms. The highest BCUT2D eigenvalue weighted by Crippen LogP contribution is 2.22. The van der Waals surface area contributed by atoms with Crippen LogP contribution >= 0.6 is 0 Å². The summed E-state index contributed by atoms with van der Waals surface area (Å²) < 4.78 is 10.6. The van der Waals surface area contributed by atoms with Gasteiger partial charge >= 0.3 is 11.9 Å². The second kappa shape index (κ2) is 14.5. The molecule has 2 rings (SSSR count). The lowest BCUT2D eigenvalue weighted by Crippen LogP contribution is -2.43. The molecule has 2 atom stereocenters. The topological polar surface area (TPSA) is 93.1 Å². The molecule has 2 N–H and O–H groups in total. The van der Waals surface area contributed by atoms with Gasteiger partial charge in [-0.3, -0.25) is 0 Å². The van der Waals surface area contributed by atoms with Gasteiger partial charge in [0.25, 0.3) is 0 Å². The molecule has 0 radical (unpaired) electrons. The first-order valence-electron chi connectivity index (χ1n) is 9.67. The molecule has 0 aliphatic rings. The van der Waals surface area contributed by atoms with E-state index in [-0.39, 0.29) is 11.5 Å². The average Bonchev–Trinajstić information content (AvgIpc) is 2.79. The fourth-order valence-corrected chi connectivity index (χ4v) is 2.17. The Kier molecular flexibility index (Phi) is 12.8. The van der Waals surface area contributed by atoms with Gasteiger partial charge in [-0.25, -0.2) is 9.59 Å². The molecule has 1 unspecified atom stereocenters. The van der Waals surface area contributed by atoms with E-state index in [1.807, 2.05) is 27.7 Å². The molecule has 0 saturated carbocycles. The van der Waals surface area contributed by atoms with E-state index in [2.05, 4.69) is 13.2 Å². The number of carboxylic acids is 2. The van der Waals surface area contributed by atoms with Gasteiger partial charge in [-0.05, 0) is 0 Å². The van der Waals surface area contributed by atoms with Gasteiger partial charge in [0.2, 0.25) is 12.2 Å². The third-order valence-corrected chi connectivity index (χ3v) is 3.49. The SMILES string of the molecule is C=C(OC(C(=O)O)[C@H](OC(=C)c1ccccc1)C(=O)O)c1ccccc1.CC.CC. The van der Waals surface area contributed by atoms with Crippen molar-refractivity contribution in [2.75, 3.05) is 0 Å². The number of rotatable bonds is 9. The first-order valence-corrected chi connectivity index (χ1v) is 9.67. The number of hydrogen-bond acceptors (Lipinski definition) is 4. The minimum atomic E-state index is -1.80. The summed E-state index contributed by atoms with van der Waals surface area (Å²) in [6.45, 7) is 15.3. The molecule has 30 heavy (non-hydrogen) atoms. The van der Waals surface area contributed by atoms with Crippen LogP contribution in [0, 0.1) is 0 Å². The molecule has 0 aliphatic carbocycles. The maximum absolute atomic E-state index is 11.6. The Morgan fingerprint density at radius 1 is 0.667 bits per heavy atom. The van der Waals surface area contributed by atoms with Crippen LogP contribution in [0.3, 0.4) is 0 Å². The van der Waals surface area contributed by atoms with Crippen LogP contribution in [-0.4, -0.2) is 34.4 Å². The molecule has 6 nitrogen and oxygen atoms in total. The van der Waals surface area contributed by atoms with Crippen molar-refractivity contribution in [3.63, 3.8) is 0 Å². The van der Waals surface area contributed by atoms with Crippen molar-refractivity contribution in [3.8, 4) is 0 Å². The largest absolute Gasteiger partial charge is 0.478 e. The molecule has 162 valence electrons. The molecular weight excluding hydrogens is 384 g/mol. The predicted octanol–water partition coefficient (Wildman–Crippen LogP) is 5.32. The molecule has 0 spiro atoms. The fraction of sp³-hybridized carbons (Fsp3) is 0.250. The van der Waals surface area contributed by atoms with Crippen molar-refractivity contribution < 1.29 is 29.3 Å². The first-order chi connectivity index (χ1) is 14.4. The van der Waals surface area contributed by atoms with Gasteiger partial charge in [0, 0.05) is 11.1 Å². The van der Waals surface area contributed by atoms with E-state index in [4.69, 9.17) is 9.47 Å². The van der Waals surface area contributed by atoms with Crippen LogP contribution in [0.1, 0.15) is 38.8 Å². The number of carboxylic acid groups (broad SMARTS) is 2. The zero-order valence-electron chi connectivity index (χ0n) is 17.9. The first kappa shape index (κ1) is 26.5. The summed E-state index contributed by atoms with van der Waals surface area (Å²) in [5.41, 5.74) is 1.06. The molecule has 0 bridgehead atoms. The van der Waals surface area contributed by atoms with Gasteiger partial charge in [0.1, 0.15) is 11.5 Å². The second-order valence-corrected chi connectivity index (χ2v) is 5.33. The standard InChI is InChI=1S/C20H18O6.2C2H6/c1-13(15-9-5-3-6-10-15)25-17(19(21)22)18(20(23)24)26-14(2)16-11-7-4-8-12-16;2*1-2/h3-12,17-18H,1-2H2,(H,21,22)(H,23,24);2*1-2H3/t17-,18?;;/m0../s1. The smallest absolute Gasteiger partial charge is 0.349 e. The highest BCUT2D eigenvalue weighted by molar-refractivity contribution is 5.85. The zero-order valence-corrected chi connectivity index (χ0v) is 17.9. The van der Waals surface area contributed by atoms with Gasteiger partial charge in [-0.2, -0.15) is 0 Å². The zero-order chi connectivity index (χ0) is 23.1. The van der Waals surface area contributed by atoms with Crippen molar-refractivity contribution in [1.29, 1.82) is 0 Å². The number of carbonyl (C=O) groups is 2. The van der Waals surface area contributed by atoms with Crippen LogP contribution in [0.25, 0.3) is 11.5 Å². The molecule has 0 saturated heterocycles. The van der Waals surface area contributed by atoms with E-state index in [0.29, 0.717) is 11.1 Å². The third-order valence-electron chi connectivity index (χ3n) is 3.49. The second-order valence-electron chi connectivity index (χ2n) is 5.33. The highest BCUT2D eigenvalue weighted by atomic mass is 16.6. The maximum atomic E-state index is 11.6. The molecule has 0 aliphatic heterocycles. The van der Waals surface area contributed by atoms with Gasteiger partial charge in [0.15, 0.2) is 0 Å². The van der Waals surface area contributed by atoms with E-state index in [1.54, 1.807) is 60.7 Å². The van der Waals surface area contributed by atoms with Gasteiger partial charge < -0.3 is 19.7 Å². The summed E-state index contributed by atoms with van der Waals surface area (Å²) >= 11 is 0. The van der Waals surface area contributed by atoms with E-state index in [1.165, 1.54) is 0 Å². The van der Waals surface area contributed by atoms with Crippen LogP contribution in [0.2, 0.25) is 0 Å². The quantitative estimate of drug-likeness (QED) is 0.540. The fourth-order valence-electron chi connectivity index (χ4n) is 2.17. The molecule has 0 fully saturated rings. The maximum Gasteiger partial charge on any atom is 0.349 e. The Balaban J connectivity index is 0.00000198. The summed E-state index contributed by atoms with van der Waals surface area (Å²) in [6, 6.07) is 17.1. The van der Waals surface area contributed by atoms with Crippen molar-refractivity contribution in [2.24, 2.45) is 0 Å². The van der Waals surface area contributed by atoms with Crippen LogP contribution < -0.4 is 0 Å². The number of benzene rings is 2. The summed E-state index contributed by atoms with van der Waals surface area (Å²) in [5, 5.41) is 18.9. The molecule has 2 aromatic rings. The van der Waals surface area contributed by atoms with E-state index in [9.17, 15) is 19.8 Å². The Morgan fingerprint density at radius 2 is 0.933 bits per heavy atom. The summed E-state index contributed by atoms with van der Waals surface area (Å²) in [4.78, 5) is 23.2.